The zero-order valence-electron chi connectivity index (χ0n) is 19.1. The molecule has 0 saturated carbocycles. The summed E-state index contributed by atoms with van der Waals surface area (Å²) in [4.78, 5) is 17.6. The SMILES string of the molecule is CNc1cc(CNC(=O)[C@@H]2CCCN2S(=O)(=O)c2ccc(F)cc2)cc(-c2ccc(C)cc2)n1. The first-order valence-electron chi connectivity index (χ1n) is 11.1. The lowest BCUT2D eigenvalue weighted by Gasteiger charge is -2.23. The highest BCUT2D eigenvalue weighted by Gasteiger charge is 2.39. The van der Waals surface area contributed by atoms with E-state index in [-0.39, 0.29) is 23.9 Å². The highest BCUT2D eigenvalue weighted by molar-refractivity contribution is 7.89. The number of halogens is 1. The number of nitrogens with zero attached hydrogens (tertiary/aromatic N) is 2. The van der Waals surface area contributed by atoms with Crippen molar-refractivity contribution in [2.45, 2.75) is 37.2 Å². The van der Waals surface area contributed by atoms with Crippen LogP contribution in [-0.2, 0) is 21.4 Å². The van der Waals surface area contributed by atoms with Crippen LogP contribution in [0.25, 0.3) is 11.3 Å². The lowest BCUT2D eigenvalue weighted by molar-refractivity contribution is -0.124. The van der Waals surface area contributed by atoms with E-state index in [9.17, 15) is 17.6 Å². The molecule has 1 fully saturated rings. The van der Waals surface area contributed by atoms with Gasteiger partial charge in [-0.05, 0) is 61.7 Å². The quantitative estimate of drug-likeness (QED) is 0.536. The molecule has 9 heteroatoms. The van der Waals surface area contributed by atoms with Gasteiger partial charge in [0, 0.05) is 25.7 Å². The van der Waals surface area contributed by atoms with E-state index in [0.29, 0.717) is 18.7 Å². The molecule has 1 aliphatic heterocycles. The Bertz CT molecular complexity index is 1280. The van der Waals surface area contributed by atoms with Crippen LogP contribution in [0.2, 0.25) is 0 Å². The number of hydrogen-bond acceptors (Lipinski definition) is 5. The van der Waals surface area contributed by atoms with Gasteiger partial charge in [-0.1, -0.05) is 29.8 Å². The first-order chi connectivity index (χ1) is 16.3. The maximum atomic E-state index is 13.2. The Labute approximate surface area is 199 Å². The maximum absolute atomic E-state index is 13.2. The fourth-order valence-electron chi connectivity index (χ4n) is 4.03. The van der Waals surface area contributed by atoms with Crippen molar-refractivity contribution in [2.75, 3.05) is 18.9 Å². The predicted octanol–water partition coefficient (Wildman–Crippen LogP) is 3.71. The summed E-state index contributed by atoms with van der Waals surface area (Å²) in [6, 6.07) is 15.6. The van der Waals surface area contributed by atoms with Crippen molar-refractivity contribution in [1.82, 2.24) is 14.6 Å². The summed E-state index contributed by atoms with van der Waals surface area (Å²) >= 11 is 0. The molecule has 0 spiro atoms. The second kappa shape index (κ2) is 9.90. The van der Waals surface area contributed by atoms with E-state index in [4.69, 9.17) is 0 Å². The van der Waals surface area contributed by atoms with Gasteiger partial charge in [0.05, 0.1) is 10.6 Å². The van der Waals surface area contributed by atoms with Crippen LogP contribution in [0.3, 0.4) is 0 Å². The minimum absolute atomic E-state index is 0.0239. The standard InChI is InChI=1S/C25H27FN4O3S/c1-17-5-7-19(8-6-17)22-14-18(15-24(27-2)29-22)16-28-25(31)23-4-3-13-30(23)34(32,33)21-11-9-20(26)10-12-21/h5-12,14-15,23H,3-4,13,16H2,1-2H3,(H,27,29)(H,28,31)/t23-/m0/s1. The van der Waals surface area contributed by atoms with E-state index in [1.807, 2.05) is 43.3 Å². The number of aromatic nitrogens is 1. The predicted molar refractivity (Wildman–Crippen MR) is 129 cm³/mol. The van der Waals surface area contributed by atoms with Crippen molar-refractivity contribution in [2.24, 2.45) is 0 Å². The molecular formula is C25H27FN4O3S. The molecule has 1 aliphatic rings. The maximum Gasteiger partial charge on any atom is 0.243 e. The van der Waals surface area contributed by atoms with Gasteiger partial charge in [0.25, 0.3) is 0 Å². The molecule has 34 heavy (non-hydrogen) atoms. The molecule has 0 bridgehead atoms. The number of carbonyl (C=O) groups is 1. The monoisotopic (exact) mass is 482 g/mol. The van der Waals surface area contributed by atoms with Gasteiger partial charge in [0.15, 0.2) is 0 Å². The zero-order chi connectivity index (χ0) is 24.3. The van der Waals surface area contributed by atoms with Crippen LogP contribution in [0.5, 0.6) is 0 Å². The Morgan fingerprint density at radius 1 is 1.12 bits per heavy atom. The molecule has 0 radical (unpaired) electrons. The van der Waals surface area contributed by atoms with Crippen molar-refractivity contribution < 1.29 is 17.6 Å². The first-order valence-corrected chi connectivity index (χ1v) is 12.5. The molecule has 1 aromatic heterocycles. The number of amides is 1. The molecule has 3 aromatic rings. The summed E-state index contributed by atoms with van der Waals surface area (Å²) < 4.78 is 40.6. The number of sulfonamides is 1. The lowest BCUT2D eigenvalue weighted by atomic mass is 10.1. The zero-order valence-corrected chi connectivity index (χ0v) is 19.9. The molecule has 1 amide bonds. The number of pyridine rings is 1. The summed E-state index contributed by atoms with van der Waals surface area (Å²) in [5.74, 6) is -0.204. The molecular weight excluding hydrogens is 455 g/mol. The first kappa shape index (κ1) is 23.8. The molecule has 2 aromatic carbocycles. The average Bonchev–Trinajstić information content (AvgIpc) is 3.34. The molecule has 0 aliphatic carbocycles. The number of benzene rings is 2. The fraction of sp³-hybridized carbons (Fsp3) is 0.280. The summed E-state index contributed by atoms with van der Waals surface area (Å²) in [7, 11) is -2.13. The van der Waals surface area contributed by atoms with Crippen LogP contribution < -0.4 is 10.6 Å². The third kappa shape index (κ3) is 5.10. The van der Waals surface area contributed by atoms with Gasteiger partial charge in [0.1, 0.15) is 17.7 Å². The third-order valence-electron chi connectivity index (χ3n) is 5.88. The van der Waals surface area contributed by atoms with Crippen LogP contribution in [0.1, 0.15) is 24.0 Å². The Kier molecular flexibility index (Phi) is 6.95. The van der Waals surface area contributed by atoms with Crippen LogP contribution in [0, 0.1) is 12.7 Å². The second-order valence-electron chi connectivity index (χ2n) is 8.31. The van der Waals surface area contributed by atoms with E-state index in [2.05, 4.69) is 15.6 Å². The van der Waals surface area contributed by atoms with Crippen molar-refractivity contribution >= 4 is 21.7 Å². The molecule has 4 rings (SSSR count). The normalized spacial score (nSPS) is 16.4. The Hall–Kier alpha value is -3.30. The molecule has 1 atom stereocenters. The van der Waals surface area contributed by atoms with E-state index >= 15 is 0 Å². The lowest BCUT2D eigenvalue weighted by Crippen LogP contribution is -2.45. The van der Waals surface area contributed by atoms with Crippen LogP contribution in [0.4, 0.5) is 10.2 Å². The molecule has 1 saturated heterocycles. The number of aryl methyl sites for hydroxylation is 1. The summed E-state index contributed by atoms with van der Waals surface area (Å²) in [5.41, 5.74) is 3.73. The Morgan fingerprint density at radius 3 is 2.50 bits per heavy atom. The highest BCUT2D eigenvalue weighted by atomic mass is 32.2. The number of rotatable bonds is 7. The van der Waals surface area contributed by atoms with Crippen molar-refractivity contribution in [3.8, 4) is 11.3 Å². The second-order valence-corrected chi connectivity index (χ2v) is 10.2. The smallest absolute Gasteiger partial charge is 0.243 e. The van der Waals surface area contributed by atoms with Crippen molar-refractivity contribution in [1.29, 1.82) is 0 Å². The van der Waals surface area contributed by atoms with E-state index in [1.54, 1.807) is 7.05 Å². The van der Waals surface area contributed by atoms with Gasteiger partial charge < -0.3 is 10.6 Å². The van der Waals surface area contributed by atoms with Crippen LogP contribution >= 0.6 is 0 Å². The highest BCUT2D eigenvalue weighted by Crippen LogP contribution is 2.27. The number of anilines is 1. The largest absolute Gasteiger partial charge is 0.373 e. The summed E-state index contributed by atoms with van der Waals surface area (Å²) in [6.45, 7) is 2.50. The average molecular weight is 483 g/mol. The van der Waals surface area contributed by atoms with Crippen molar-refractivity contribution in [3.05, 3.63) is 77.6 Å². The Morgan fingerprint density at radius 2 is 1.82 bits per heavy atom. The number of hydrogen-bond donors (Lipinski definition) is 2. The molecule has 7 nitrogen and oxygen atoms in total. The van der Waals surface area contributed by atoms with E-state index in [1.165, 1.54) is 16.4 Å². The van der Waals surface area contributed by atoms with E-state index in [0.717, 1.165) is 34.5 Å². The minimum Gasteiger partial charge on any atom is -0.373 e. The van der Waals surface area contributed by atoms with Gasteiger partial charge in [-0.15, -0.1) is 0 Å². The summed E-state index contributed by atoms with van der Waals surface area (Å²) in [6.07, 6.45) is 1.01. The third-order valence-corrected chi connectivity index (χ3v) is 7.80. The number of nitrogens with one attached hydrogen (secondary N) is 2. The van der Waals surface area contributed by atoms with Gasteiger partial charge in [-0.3, -0.25) is 4.79 Å². The minimum atomic E-state index is -3.90. The molecule has 2 heterocycles. The van der Waals surface area contributed by atoms with Gasteiger partial charge in [-0.2, -0.15) is 4.31 Å². The fourth-order valence-corrected chi connectivity index (χ4v) is 5.68. The topological polar surface area (TPSA) is 91.4 Å². The van der Waals surface area contributed by atoms with Crippen LogP contribution in [-0.4, -0.2) is 43.2 Å². The number of carbonyl (C=O) groups excluding carboxylic acids is 1. The van der Waals surface area contributed by atoms with Gasteiger partial charge in [-0.25, -0.2) is 17.8 Å². The van der Waals surface area contributed by atoms with Crippen molar-refractivity contribution in [3.63, 3.8) is 0 Å². The van der Waals surface area contributed by atoms with E-state index < -0.39 is 21.9 Å². The molecule has 0 unspecified atom stereocenters. The molecule has 178 valence electrons. The Balaban J connectivity index is 1.50. The van der Waals surface area contributed by atoms with Crippen LogP contribution in [0.15, 0.2) is 65.6 Å². The summed E-state index contributed by atoms with van der Waals surface area (Å²) in [5, 5.41) is 5.92. The van der Waals surface area contributed by atoms with Gasteiger partial charge >= 0.3 is 0 Å². The van der Waals surface area contributed by atoms with Gasteiger partial charge in [0.2, 0.25) is 15.9 Å². The molecule has 2 N–H and O–H groups in total.